The fourth-order valence-corrected chi connectivity index (χ4v) is 6.97. The van der Waals surface area contributed by atoms with Gasteiger partial charge in [-0.3, -0.25) is 0 Å². The zero-order valence-electron chi connectivity index (χ0n) is 26.5. The molecule has 9 rings (SSSR count). The molecule has 0 amide bonds. The van der Waals surface area contributed by atoms with Gasteiger partial charge in [0.05, 0.1) is 0 Å². The van der Waals surface area contributed by atoms with Crippen LogP contribution in [0.4, 0.5) is 0 Å². The van der Waals surface area contributed by atoms with E-state index in [4.69, 9.17) is 19.4 Å². The van der Waals surface area contributed by atoms with Crippen LogP contribution in [-0.4, -0.2) is 15.0 Å². The molecular formula is C44H31N3O. The molecular weight excluding hydrogens is 587 g/mol. The summed E-state index contributed by atoms with van der Waals surface area (Å²) in [6, 6.07) is 48.5. The summed E-state index contributed by atoms with van der Waals surface area (Å²) in [5, 5.41) is 3.56. The van der Waals surface area contributed by atoms with Crippen LogP contribution >= 0.6 is 0 Å². The van der Waals surface area contributed by atoms with Crippen LogP contribution in [0, 0.1) is 0 Å². The molecule has 0 saturated carbocycles. The van der Waals surface area contributed by atoms with Gasteiger partial charge in [0.25, 0.3) is 0 Å². The van der Waals surface area contributed by atoms with Crippen molar-refractivity contribution < 1.29 is 4.42 Å². The summed E-state index contributed by atoms with van der Waals surface area (Å²) in [5.74, 6) is 3.13. The highest BCUT2D eigenvalue weighted by Gasteiger charge is 2.26. The maximum absolute atomic E-state index is 6.60. The van der Waals surface area contributed by atoms with Crippen molar-refractivity contribution in [1.82, 2.24) is 15.0 Å². The molecule has 2 aromatic heterocycles. The van der Waals surface area contributed by atoms with Gasteiger partial charge in [-0.1, -0.05) is 140 Å². The van der Waals surface area contributed by atoms with Gasteiger partial charge in [0.1, 0.15) is 11.3 Å². The molecule has 2 heterocycles. The van der Waals surface area contributed by atoms with E-state index in [0.29, 0.717) is 23.4 Å². The van der Waals surface area contributed by atoms with E-state index >= 15 is 0 Å². The molecule has 6 aromatic carbocycles. The fraction of sp³-hybridized carbons (Fsp3) is 0.0682. The fourth-order valence-electron chi connectivity index (χ4n) is 6.97. The monoisotopic (exact) mass is 617 g/mol. The molecule has 228 valence electrons. The molecule has 0 fully saturated rings. The van der Waals surface area contributed by atoms with E-state index < -0.39 is 0 Å². The van der Waals surface area contributed by atoms with Gasteiger partial charge in [0, 0.05) is 27.6 Å². The van der Waals surface area contributed by atoms with Crippen LogP contribution in [0.1, 0.15) is 30.6 Å². The first-order valence-electron chi connectivity index (χ1n) is 16.4. The maximum Gasteiger partial charge on any atom is 0.164 e. The summed E-state index contributed by atoms with van der Waals surface area (Å²) >= 11 is 0. The Kier molecular flexibility index (Phi) is 6.79. The van der Waals surface area contributed by atoms with E-state index in [2.05, 4.69) is 97.9 Å². The van der Waals surface area contributed by atoms with E-state index in [1.807, 2.05) is 60.7 Å². The van der Waals surface area contributed by atoms with Gasteiger partial charge in [0.2, 0.25) is 0 Å². The number of allylic oxidation sites excluding steroid dienone is 1. The van der Waals surface area contributed by atoms with Crippen molar-refractivity contribution in [3.8, 4) is 56.4 Å². The average Bonchev–Trinajstić information content (AvgIpc) is 3.55. The van der Waals surface area contributed by atoms with Gasteiger partial charge in [-0.25, -0.2) is 15.0 Å². The first kappa shape index (κ1) is 28.1. The first-order chi connectivity index (χ1) is 23.7. The highest BCUT2D eigenvalue weighted by atomic mass is 16.3. The quantitative estimate of drug-likeness (QED) is 0.193. The van der Waals surface area contributed by atoms with Crippen LogP contribution in [0.25, 0.3) is 84.2 Å². The third-order valence-electron chi connectivity index (χ3n) is 9.37. The lowest BCUT2D eigenvalue weighted by molar-refractivity contribution is 0.586. The molecule has 0 saturated heterocycles. The number of aromatic nitrogens is 3. The molecule has 0 N–H and O–H groups in total. The number of fused-ring (bicyclic) bond motifs is 4. The largest absolute Gasteiger partial charge is 0.456 e. The Labute approximate surface area is 279 Å². The van der Waals surface area contributed by atoms with Crippen LogP contribution in [-0.2, 0) is 0 Å². The van der Waals surface area contributed by atoms with E-state index in [9.17, 15) is 0 Å². The van der Waals surface area contributed by atoms with Crippen LogP contribution in [0.15, 0.2) is 150 Å². The Hall–Kier alpha value is -6.13. The molecule has 1 unspecified atom stereocenters. The van der Waals surface area contributed by atoms with Crippen molar-refractivity contribution >= 4 is 27.8 Å². The molecule has 0 bridgehead atoms. The van der Waals surface area contributed by atoms with Gasteiger partial charge in [0.15, 0.2) is 17.5 Å². The maximum atomic E-state index is 6.60. The molecule has 1 aliphatic carbocycles. The first-order valence-corrected chi connectivity index (χ1v) is 16.4. The molecule has 4 heteroatoms. The number of benzene rings is 6. The molecule has 8 aromatic rings. The van der Waals surface area contributed by atoms with Crippen molar-refractivity contribution in [2.75, 3.05) is 0 Å². The zero-order valence-corrected chi connectivity index (χ0v) is 26.5. The highest BCUT2D eigenvalue weighted by Crippen LogP contribution is 2.44. The number of hydrogen-bond acceptors (Lipinski definition) is 4. The van der Waals surface area contributed by atoms with Gasteiger partial charge < -0.3 is 4.42 Å². The molecule has 0 spiro atoms. The van der Waals surface area contributed by atoms with Crippen molar-refractivity contribution in [1.29, 1.82) is 0 Å². The van der Waals surface area contributed by atoms with Crippen molar-refractivity contribution in [2.45, 2.75) is 19.3 Å². The van der Waals surface area contributed by atoms with Crippen LogP contribution in [0.2, 0.25) is 0 Å². The summed E-state index contributed by atoms with van der Waals surface area (Å²) in [6.07, 6.45) is 5.27. The lowest BCUT2D eigenvalue weighted by Crippen LogP contribution is -2.02. The van der Waals surface area contributed by atoms with Gasteiger partial charge in [-0.15, -0.1) is 0 Å². The predicted molar refractivity (Wildman–Crippen MR) is 196 cm³/mol. The van der Waals surface area contributed by atoms with Crippen molar-refractivity contribution in [2.24, 2.45) is 0 Å². The topological polar surface area (TPSA) is 51.8 Å². The van der Waals surface area contributed by atoms with Crippen LogP contribution in [0.3, 0.4) is 0 Å². The van der Waals surface area contributed by atoms with E-state index in [-0.39, 0.29) is 0 Å². The summed E-state index contributed by atoms with van der Waals surface area (Å²) in [6.45, 7) is 2.26. The predicted octanol–water partition coefficient (Wildman–Crippen LogP) is 11.6. The Balaban J connectivity index is 1.25. The minimum absolute atomic E-state index is 0.305. The molecule has 1 aliphatic rings. The normalized spacial score (nSPS) is 14.0. The summed E-state index contributed by atoms with van der Waals surface area (Å²) in [7, 11) is 0. The summed E-state index contributed by atoms with van der Waals surface area (Å²) in [5.41, 5.74) is 9.44. The van der Waals surface area contributed by atoms with Gasteiger partial charge >= 0.3 is 0 Å². The van der Waals surface area contributed by atoms with Gasteiger partial charge in [-0.05, 0) is 63.6 Å². The van der Waals surface area contributed by atoms with Crippen LogP contribution in [0.5, 0.6) is 0 Å². The Morgan fingerprint density at radius 1 is 0.542 bits per heavy atom. The van der Waals surface area contributed by atoms with E-state index in [0.717, 1.165) is 51.0 Å². The molecule has 0 aliphatic heterocycles. The number of nitrogens with zero attached hydrogens (tertiary/aromatic N) is 3. The number of furan rings is 1. The number of hydrogen-bond donors (Lipinski definition) is 0. The Morgan fingerprint density at radius 3 is 1.90 bits per heavy atom. The van der Waals surface area contributed by atoms with E-state index in [1.54, 1.807) is 0 Å². The van der Waals surface area contributed by atoms with Crippen molar-refractivity contribution in [3.05, 3.63) is 157 Å². The summed E-state index contributed by atoms with van der Waals surface area (Å²) in [4.78, 5) is 15.2. The lowest BCUT2D eigenvalue weighted by Gasteiger charge is -2.15. The second-order valence-electron chi connectivity index (χ2n) is 12.5. The minimum Gasteiger partial charge on any atom is -0.456 e. The second kappa shape index (κ2) is 11.6. The summed E-state index contributed by atoms with van der Waals surface area (Å²) < 4.78 is 6.60. The zero-order chi connectivity index (χ0) is 32.0. The Morgan fingerprint density at radius 2 is 1.17 bits per heavy atom. The SMILES string of the molecule is CC1CC=Cc2oc3cc(-c4ccc(-c5cccc6ccccc56)cc4)cc(-c4nc(-c5ccccc5)nc(-c5ccccc5)n4)c3c21. The number of rotatable bonds is 5. The standard InChI is InChI=1S/C44H31N3O/c1-28-12-10-21-38-40(28)41-37(44-46-42(32-14-4-2-5-15-32)45-43(47-44)33-16-6-3-7-17-33)26-34(27-39(41)48-38)29-22-24-31(25-23-29)36-20-11-18-30-13-8-9-19-35(30)36/h2-11,13-28H,12H2,1H3. The minimum atomic E-state index is 0.305. The van der Waals surface area contributed by atoms with Crippen LogP contribution < -0.4 is 0 Å². The molecule has 0 radical (unpaired) electrons. The lowest BCUT2D eigenvalue weighted by atomic mass is 9.88. The third kappa shape index (κ3) is 4.90. The molecule has 48 heavy (non-hydrogen) atoms. The highest BCUT2D eigenvalue weighted by molar-refractivity contribution is 6.01. The smallest absolute Gasteiger partial charge is 0.164 e. The molecule has 1 atom stereocenters. The second-order valence-corrected chi connectivity index (χ2v) is 12.5. The average molecular weight is 618 g/mol. The molecule has 4 nitrogen and oxygen atoms in total. The van der Waals surface area contributed by atoms with E-state index in [1.165, 1.54) is 27.5 Å². The third-order valence-corrected chi connectivity index (χ3v) is 9.37. The van der Waals surface area contributed by atoms with Crippen molar-refractivity contribution in [3.63, 3.8) is 0 Å². The Bertz CT molecular complexity index is 2420. The van der Waals surface area contributed by atoms with Gasteiger partial charge in [-0.2, -0.15) is 0 Å².